The van der Waals surface area contributed by atoms with Crippen LogP contribution in [0.1, 0.15) is 38.7 Å². The molecule has 1 rings (SSSR count). The first-order chi connectivity index (χ1) is 7.06. The number of ether oxygens (including phenoxy) is 1. The first-order valence-electron chi connectivity index (χ1n) is 5.18. The van der Waals surface area contributed by atoms with Gasteiger partial charge in [-0.05, 0) is 30.0 Å². The van der Waals surface area contributed by atoms with E-state index >= 15 is 0 Å². The Morgan fingerprint density at radius 3 is 2.13 bits per heavy atom. The van der Waals surface area contributed by atoms with Crippen LogP contribution in [0.5, 0.6) is 5.75 Å². The van der Waals surface area contributed by atoms with Gasteiger partial charge in [-0.3, -0.25) is 0 Å². The third-order valence-electron chi connectivity index (χ3n) is 2.14. The Labute approximate surface area is 101 Å². The van der Waals surface area contributed by atoms with Gasteiger partial charge >= 0.3 is 0 Å². The Kier molecular flexibility index (Phi) is 4.75. The molecule has 0 amide bonds. The van der Waals surface area contributed by atoms with Gasteiger partial charge in [0.25, 0.3) is 0 Å². The minimum Gasteiger partial charge on any atom is -0.490 e. The molecule has 0 radical (unpaired) electrons. The van der Waals surface area contributed by atoms with E-state index < -0.39 is 0 Å². The molecule has 0 spiro atoms. The van der Waals surface area contributed by atoms with Crippen molar-refractivity contribution in [3.63, 3.8) is 0 Å². The molecule has 0 bridgehead atoms. The van der Waals surface area contributed by atoms with Gasteiger partial charge in [0, 0.05) is 0 Å². The van der Waals surface area contributed by atoms with E-state index in [1.165, 1.54) is 0 Å². The highest BCUT2D eigenvalue weighted by molar-refractivity contribution is 6.37. The maximum Gasteiger partial charge on any atom is 0.156 e. The molecular weight excluding hydrogens is 231 g/mol. The molecule has 0 aliphatic carbocycles. The summed E-state index contributed by atoms with van der Waals surface area (Å²) in [6.07, 6.45) is 0.943. The lowest BCUT2D eigenvalue weighted by Crippen LogP contribution is -1.98. The lowest BCUT2D eigenvalue weighted by Gasteiger charge is -2.12. The largest absolute Gasteiger partial charge is 0.490 e. The number of hydrogen-bond donors (Lipinski definition) is 0. The van der Waals surface area contributed by atoms with Crippen molar-refractivity contribution in [1.82, 2.24) is 0 Å². The summed E-state index contributed by atoms with van der Waals surface area (Å²) in [5.41, 5.74) is 1.13. The zero-order chi connectivity index (χ0) is 11.4. The second-order valence-corrected chi connectivity index (χ2v) is 4.63. The molecule has 1 aromatic carbocycles. The van der Waals surface area contributed by atoms with Gasteiger partial charge in [0.05, 0.1) is 16.7 Å². The standard InChI is InChI=1S/C12H16Cl2O/c1-4-5-15-12-10(13)6-9(8(2)3)7-11(12)14/h6-8H,4-5H2,1-3H3. The van der Waals surface area contributed by atoms with E-state index in [1.807, 2.05) is 19.1 Å². The van der Waals surface area contributed by atoms with Crippen LogP contribution in [-0.2, 0) is 0 Å². The lowest BCUT2D eigenvalue weighted by molar-refractivity contribution is 0.317. The second-order valence-electron chi connectivity index (χ2n) is 3.82. The average molecular weight is 247 g/mol. The molecule has 0 saturated carbocycles. The Morgan fingerprint density at radius 1 is 1.20 bits per heavy atom. The van der Waals surface area contributed by atoms with E-state index in [9.17, 15) is 0 Å². The van der Waals surface area contributed by atoms with Gasteiger partial charge in [-0.2, -0.15) is 0 Å². The molecule has 0 atom stereocenters. The minimum absolute atomic E-state index is 0.417. The predicted octanol–water partition coefficient (Wildman–Crippen LogP) is 4.91. The van der Waals surface area contributed by atoms with Crippen molar-refractivity contribution in [1.29, 1.82) is 0 Å². The van der Waals surface area contributed by atoms with Crippen molar-refractivity contribution in [3.05, 3.63) is 27.7 Å². The summed E-state index contributed by atoms with van der Waals surface area (Å²) in [6.45, 7) is 6.90. The van der Waals surface area contributed by atoms with Crippen LogP contribution in [0.4, 0.5) is 0 Å². The van der Waals surface area contributed by atoms with Crippen molar-refractivity contribution < 1.29 is 4.74 Å². The van der Waals surface area contributed by atoms with Crippen molar-refractivity contribution in [3.8, 4) is 5.75 Å². The van der Waals surface area contributed by atoms with Gasteiger partial charge in [0.1, 0.15) is 0 Å². The fourth-order valence-electron chi connectivity index (χ4n) is 1.25. The normalized spacial score (nSPS) is 10.8. The van der Waals surface area contributed by atoms with Gasteiger partial charge in [-0.25, -0.2) is 0 Å². The number of rotatable bonds is 4. The average Bonchev–Trinajstić information content (AvgIpc) is 2.16. The van der Waals surface area contributed by atoms with Crippen LogP contribution in [-0.4, -0.2) is 6.61 Å². The fourth-order valence-corrected chi connectivity index (χ4v) is 1.87. The van der Waals surface area contributed by atoms with Crippen LogP contribution in [0.3, 0.4) is 0 Å². The molecule has 0 aromatic heterocycles. The van der Waals surface area contributed by atoms with Gasteiger partial charge in [-0.1, -0.05) is 44.0 Å². The smallest absolute Gasteiger partial charge is 0.156 e. The fraction of sp³-hybridized carbons (Fsp3) is 0.500. The first kappa shape index (κ1) is 12.7. The predicted molar refractivity (Wildman–Crippen MR) is 66.3 cm³/mol. The molecule has 1 aromatic rings. The van der Waals surface area contributed by atoms with Gasteiger partial charge in [0.15, 0.2) is 5.75 Å². The molecule has 0 unspecified atom stereocenters. The van der Waals surface area contributed by atoms with Crippen LogP contribution in [0.25, 0.3) is 0 Å². The van der Waals surface area contributed by atoms with Crippen molar-refractivity contribution in [2.45, 2.75) is 33.1 Å². The van der Waals surface area contributed by atoms with E-state index in [0.29, 0.717) is 28.3 Å². The molecule has 84 valence electrons. The monoisotopic (exact) mass is 246 g/mol. The minimum atomic E-state index is 0.417. The second kappa shape index (κ2) is 5.62. The Bertz CT molecular complexity index is 311. The topological polar surface area (TPSA) is 9.23 Å². The summed E-state index contributed by atoms with van der Waals surface area (Å²) < 4.78 is 5.49. The quantitative estimate of drug-likeness (QED) is 0.734. The maximum absolute atomic E-state index is 6.11. The van der Waals surface area contributed by atoms with Crippen LogP contribution in [0.15, 0.2) is 12.1 Å². The zero-order valence-electron chi connectivity index (χ0n) is 9.31. The number of hydrogen-bond acceptors (Lipinski definition) is 1. The highest BCUT2D eigenvalue weighted by atomic mass is 35.5. The Balaban J connectivity index is 2.99. The van der Waals surface area contributed by atoms with Crippen molar-refractivity contribution in [2.24, 2.45) is 0 Å². The number of benzene rings is 1. The van der Waals surface area contributed by atoms with Crippen LogP contribution >= 0.6 is 23.2 Å². The molecular formula is C12H16Cl2O. The lowest BCUT2D eigenvalue weighted by atomic mass is 10.0. The third kappa shape index (κ3) is 3.29. The highest BCUT2D eigenvalue weighted by Gasteiger charge is 2.10. The highest BCUT2D eigenvalue weighted by Crippen LogP contribution is 2.36. The summed E-state index contributed by atoms with van der Waals surface area (Å²) >= 11 is 12.2. The summed E-state index contributed by atoms with van der Waals surface area (Å²) in [5.74, 6) is 1.02. The number of halogens is 2. The molecule has 0 fully saturated rings. The van der Waals surface area contributed by atoms with E-state index in [-0.39, 0.29) is 0 Å². The molecule has 0 saturated heterocycles. The molecule has 0 N–H and O–H groups in total. The van der Waals surface area contributed by atoms with Gasteiger partial charge < -0.3 is 4.74 Å². The summed E-state index contributed by atoms with van der Waals surface area (Å²) in [7, 11) is 0. The Morgan fingerprint density at radius 2 is 1.73 bits per heavy atom. The van der Waals surface area contributed by atoms with E-state index in [1.54, 1.807) is 0 Å². The molecule has 0 aliphatic rings. The summed E-state index contributed by atoms with van der Waals surface area (Å²) in [4.78, 5) is 0. The maximum atomic E-state index is 6.11. The summed E-state index contributed by atoms with van der Waals surface area (Å²) in [5, 5.41) is 1.19. The van der Waals surface area contributed by atoms with E-state index in [0.717, 1.165) is 12.0 Å². The molecule has 0 heterocycles. The van der Waals surface area contributed by atoms with Gasteiger partial charge in [0.2, 0.25) is 0 Å². The molecule has 3 heteroatoms. The van der Waals surface area contributed by atoms with Crippen molar-refractivity contribution >= 4 is 23.2 Å². The van der Waals surface area contributed by atoms with E-state index in [4.69, 9.17) is 27.9 Å². The van der Waals surface area contributed by atoms with Crippen molar-refractivity contribution in [2.75, 3.05) is 6.61 Å². The van der Waals surface area contributed by atoms with Gasteiger partial charge in [-0.15, -0.1) is 0 Å². The third-order valence-corrected chi connectivity index (χ3v) is 2.70. The van der Waals surface area contributed by atoms with Crippen LogP contribution in [0.2, 0.25) is 10.0 Å². The molecule has 1 nitrogen and oxygen atoms in total. The van der Waals surface area contributed by atoms with Crippen LogP contribution in [0, 0.1) is 0 Å². The van der Waals surface area contributed by atoms with E-state index in [2.05, 4.69) is 13.8 Å². The van der Waals surface area contributed by atoms with Crippen LogP contribution < -0.4 is 4.74 Å². The zero-order valence-corrected chi connectivity index (χ0v) is 10.8. The molecule has 0 aliphatic heterocycles. The Hall–Kier alpha value is -0.400. The summed E-state index contributed by atoms with van der Waals surface area (Å²) in [6, 6.07) is 3.84. The first-order valence-corrected chi connectivity index (χ1v) is 5.93. The SMILES string of the molecule is CCCOc1c(Cl)cc(C(C)C)cc1Cl. The molecule has 15 heavy (non-hydrogen) atoms.